The topological polar surface area (TPSA) is 50.2 Å². The van der Waals surface area contributed by atoms with Crippen molar-refractivity contribution in [2.45, 2.75) is 26.4 Å². The van der Waals surface area contributed by atoms with E-state index in [1.54, 1.807) is 10.9 Å². The summed E-state index contributed by atoms with van der Waals surface area (Å²) in [6, 6.07) is 3.55. The first-order valence-corrected chi connectivity index (χ1v) is 7.26. The first-order chi connectivity index (χ1) is 10.4. The predicted molar refractivity (Wildman–Crippen MR) is 84.5 cm³/mol. The maximum absolute atomic E-state index is 13.2. The van der Waals surface area contributed by atoms with E-state index >= 15 is 0 Å². The van der Waals surface area contributed by atoms with Crippen LogP contribution in [0.1, 0.15) is 19.4 Å². The maximum atomic E-state index is 13.2. The summed E-state index contributed by atoms with van der Waals surface area (Å²) in [5, 5.41) is 7.06. The van der Waals surface area contributed by atoms with E-state index in [2.05, 4.69) is 10.4 Å². The molecule has 0 fully saturated rings. The van der Waals surface area contributed by atoms with Gasteiger partial charge < -0.3 is 5.32 Å². The molecule has 1 aromatic carbocycles. The molecule has 1 heterocycles. The fraction of sp³-hybridized carbons (Fsp3) is 0.333. The standard InChI is InChI=1S/C15H18ClFN4O/c1-10(2)21(14-5-4-12(17)6-13(14)16)15(22)18-7-11-8-19-20(3)9-11/h4-6,8-10H,7H2,1-3H3,(H,18,22). The van der Waals surface area contributed by atoms with Crippen LogP contribution in [0.3, 0.4) is 0 Å². The molecular formula is C15H18ClFN4O. The summed E-state index contributed by atoms with van der Waals surface area (Å²) in [5.41, 5.74) is 1.37. The van der Waals surface area contributed by atoms with Crippen LogP contribution in [-0.4, -0.2) is 21.9 Å². The molecule has 0 unspecified atom stereocenters. The van der Waals surface area contributed by atoms with E-state index in [1.165, 1.54) is 23.1 Å². The number of carbonyl (C=O) groups is 1. The number of anilines is 1. The Morgan fingerprint density at radius 3 is 2.77 bits per heavy atom. The number of aryl methyl sites for hydroxylation is 1. The van der Waals surface area contributed by atoms with E-state index in [-0.39, 0.29) is 17.1 Å². The molecule has 0 aliphatic carbocycles. The summed E-state index contributed by atoms with van der Waals surface area (Å²) in [5.74, 6) is -0.437. The van der Waals surface area contributed by atoms with Crippen molar-refractivity contribution in [3.63, 3.8) is 0 Å². The number of carbonyl (C=O) groups excluding carboxylic acids is 1. The van der Waals surface area contributed by atoms with E-state index < -0.39 is 5.82 Å². The first kappa shape index (κ1) is 16.3. The minimum absolute atomic E-state index is 0.128. The molecule has 0 radical (unpaired) electrons. The third kappa shape index (κ3) is 3.76. The Labute approximate surface area is 133 Å². The van der Waals surface area contributed by atoms with Crippen molar-refractivity contribution in [3.05, 3.63) is 47.0 Å². The summed E-state index contributed by atoms with van der Waals surface area (Å²) in [7, 11) is 1.81. The predicted octanol–water partition coefficient (Wildman–Crippen LogP) is 3.34. The average molecular weight is 325 g/mol. The monoisotopic (exact) mass is 324 g/mol. The molecule has 1 N–H and O–H groups in total. The summed E-state index contributed by atoms with van der Waals surface area (Å²) in [6.45, 7) is 4.08. The van der Waals surface area contributed by atoms with Gasteiger partial charge in [0.2, 0.25) is 0 Å². The number of amides is 2. The number of nitrogens with one attached hydrogen (secondary N) is 1. The highest BCUT2D eigenvalue weighted by molar-refractivity contribution is 6.33. The number of hydrogen-bond acceptors (Lipinski definition) is 2. The number of hydrogen-bond donors (Lipinski definition) is 1. The summed E-state index contributed by atoms with van der Waals surface area (Å²) < 4.78 is 14.8. The third-order valence-corrected chi connectivity index (χ3v) is 3.41. The van der Waals surface area contributed by atoms with E-state index in [1.807, 2.05) is 27.1 Å². The molecular weight excluding hydrogens is 307 g/mol. The molecule has 7 heteroatoms. The van der Waals surface area contributed by atoms with Crippen LogP contribution in [0.15, 0.2) is 30.6 Å². The van der Waals surface area contributed by atoms with Gasteiger partial charge in [-0.25, -0.2) is 9.18 Å². The third-order valence-electron chi connectivity index (χ3n) is 3.11. The van der Waals surface area contributed by atoms with Gasteiger partial charge in [-0.2, -0.15) is 5.10 Å². The van der Waals surface area contributed by atoms with Crippen molar-refractivity contribution >= 4 is 23.3 Å². The lowest BCUT2D eigenvalue weighted by Crippen LogP contribution is -2.44. The molecule has 2 amide bonds. The van der Waals surface area contributed by atoms with Crippen LogP contribution in [0.25, 0.3) is 0 Å². The minimum atomic E-state index is -0.437. The van der Waals surface area contributed by atoms with Crippen LogP contribution in [0.5, 0.6) is 0 Å². The molecule has 0 spiro atoms. The Bertz CT molecular complexity index is 671. The second-order valence-corrected chi connectivity index (χ2v) is 5.65. The Morgan fingerprint density at radius 1 is 1.50 bits per heavy atom. The molecule has 5 nitrogen and oxygen atoms in total. The molecule has 118 valence electrons. The highest BCUT2D eigenvalue weighted by Crippen LogP contribution is 2.28. The first-order valence-electron chi connectivity index (χ1n) is 6.88. The van der Waals surface area contributed by atoms with Gasteiger partial charge in [-0.1, -0.05) is 11.6 Å². The highest BCUT2D eigenvalue weighted by atomic mass is 35.5. The van der Waals surface area contributed by atoms with Crippen LogP contribution in [-0.2, 0) is 13.6 Å². The van der Waals surface area contributed by atoms with Crippen molar-refractivity contribution in [3.8, 4) is 0 Å². The average Bonchev–Trinajstić information content (AvgIpc) is 2.85. The molecule has 0 saturated carbocycles. The molecule has 1 aromatic heterocycles. The highest BCUT2D eigenvalue weighted by Gasteiger charge is 2.21. The Kier molecular flexibility index (Phi) is 5.03. The molecule has 0 aliphatic heterocycles. The Hall–Kier alpha value is -2.08. The van der Waals surface area contributed by atoms with Gasteiger partial charge in [0.05, 0.1) is 16.9 Å². The van der Waals surface area contributed by atoms with Crippen LogP contribution in [0.2, 0.25) is 5.02 Å². The molecule has 2 aromatic rings. The quantitative estimate of drug-likeness (QED) is 0.937. The summed E-state index contributed by atoms with van der Waals surface area (Å²) in [4.78, 5) is 13.9. The van der Waals surface area contributed by atoms with E-state index in [0.717, 1.165) is 5.56 Å². The Morgan fingerprint density at radius 2 is 2.23 bits per heavy atom. The lowest BCUT2D eigenvalue weighted by Gasteiger charge is -2.27. The number of aromatic nitrogens is 2. The normalized spacial score (nSPS) is 10.8. The van der Waals surface area contributed by atoms with Crippen LogP contribution >= 0.6 is 11.6 Å². The van der Waals surface area contributed by atoms with Crippen LogP contribution in [0, 0.1) is 5.82 Å². The molecule has 0 saturated heterocycles. The minimum Gasteiger partial charge on any atom is -0.333 e. The fourth-order valence-electron chi connectivity index (χ4n) is 2.12. The van der Waals surface area contributed by atoms with Crippen molar-refractivity contribution in [2.24, 2.45) is 7.05 Å². The molecule has 0 atom stereocenters. The Balaban J connectivity index is 2.14. The number of halogens is 2. The van der Waals surface area contributed by atoms with Gasteiger partial charge in [0, 0.05) is 31.4 Å². The largest absolute Gasteiger partial charge is 0.333 e. The second kappa shape index (κ2) is 6.79. The zero-order chi connectivity index (χ0) is 16.3. The van der Waals surface area contributed by atoms with Gasteiger partial charge >= 0.3 is 6.03 Å². The number of nitrogens with zero attached hydrogens (tertiary/aromatic N) is 3. The van der Waals surface area contributed by atoms with Crippen molar-refractivity contribution in [2.75, 3.05) is 4.90 Å². The lowest BCUT2D eigenvalue weighted by molar-refractivity contribution is 0.244. The van der Waals surface area contributed by atoms with E-state index in [0.29, 0.717) is 12.2 Å². The zero-order valence-electron chi connectivity index (χ0n) is 12.7. The van der Waals surface area contributed by atoms with Crippen molar-refractivity contribution in [1.29, 1.82) is 0 Å². The smallest absolute Gasteiger partial charge is 0.322 e. The van der Waals surface area contributed by atoms with Crippen LogP contribution < -0.4 is 10.2 Å². The van der Waals surface area contributed by atoms with Gasteiger partial charge in [-0.3, -0.25) is 9.58 Å². The van der Waals surface area contributed by atoms with Crippen molar-refractivity contribution < 1.29 is 9.18 Å². The van der Waals surface area contributed by atoms with Gasteiger partial charge in [-0.15, -0.1) is 0 Å². The molecule has 0 bridgehead atoms. The molecule has 22 heavy (non-hydrogen) atoms. The second-order valence-electron chi connectivity index (χ2n) is 5.24. The number of urea groups is 1. The fourth-order valence-corrected chi connectivity index (χ4v) is 2.38. The van der Waals surface area contributed by atoms with Gasteiger partial charge in [0.1, 0.15) is 5.82 Å². The van der Waals surface area contributed by atoms with Gasteiger partial charge in [0.25, 0.3) is 0 Å². The zero-order valence-corrected chi connectivity index (χ0v) is 13.4. The molecule has 2 rings (SSSR count). The summed E-state index contributed by atoms with van der Waals surface area (Å²) in [6.07, 6.45) is 3.51. The maximum Gasteiger partial charge on any atom is 0.322 e. The number of rotatable bonds is 4. The van der Waals surface area contributed by atoms with Crippen molar-refractivity contribution in [1.82, 2.24) is 15.1 Å². The van der Waals surface area contributed by atoms with Gasteiger partial charge in [-0.05, 0) is 32.0 Å². The summed E-state index contributed by atoms with van der Waals surface area (Å²) >= 11 is 6.06. The SMILES string of the molecule is CC(C)N(C(=O)NCc1cnn(C)c1)c1ccc(F)cc1Cl. The van der Waals surface area contributed by atoms with E-state index in [9.17, 15) is 9.18 Å². The lowest BCUT2D eigenvalue weighted by atomic mass is 10.2. The van der Waals surface area contributed by atoms with E-state index in [4.69, 9.17) is 11.6 Å². The number of benzene rings is 1. The molecule has 0 aliphatic rings. The van der Waals surface area contributed by atoms with Crippen LogP contribution in [0.4, 0.5) is 14.9 Å². The van der Waals surface area contributed by atoms with Gasteiger partial charge in [0.15, 0.2) is 0 Å².